The number of sulfonamides is 1. The number of benzene rings is 1. The van der Waals surface area contributed by atoms with Crippen LogP contribution < -0.4 is 4.72 Å². The number of nitrogens with one attached hydrogen (secondary N) is 1. The Kier molecular flexibility index (Phi) is 7.02. The van der Waals surface area contributed by atoms with E-state index in [1.807, 2.05) is 25.1 Å². The fourth-order valence-corrected chi connectivity index (χ4v) is 4.10. The molecule has 1 fully saturated rings. The first-order valence-electron chi connectivity index (χ1n) is 8.44. The third-order valence-electron chi connectivity index (χ3n) is 4.38. The molecule has 1 unspecified atom stereocenters. The van der Waals surface area contributed by atoms with Crippen molar-refractivity contribution in [3.63, 3.8) is 0 Å². The average Bonchev–Trinajstić information content (AvgIpc) is 2.53. The summed E-state index contributed by atoms with van der Waals surface area (Å²) in [5, 5.41) is 0. The Balaban J connectivity index is 2.02. The molecule has 1 N–H and O–H groups in total. The Morgan fingerprint density at radius 3 is 2.39 bits per heavy atom. The van der Waals surface area contributed by atoms with E-state index in [1.54, 1.807) is 0 Å². The summed E-state index contributed by atoms with van der Waals surface area (Å²) >= 11 is 0. The smallest absolute Gasteiger partial charge is 0.211 e. The van der Waals surface area contributed by atoms with E-state index in [0.717, 1.165) is 32.6 Å². The van der Waals surface area contributed by atoms with Crippen LogP contribution in [0.15, 0.2) is 30.3 Å². The molecule has 1 aromatic rings. The van der Waals surface area contributed by atoms with Crippen molar-refractivity contribution in [3.05, 3.63) is 35.9 Å². The molecule has 1 heterocycles. The van der Waals surface area contributed by atoms with Gasteiger partial charge in [-0.15, -0.1) is 0 Å². The van der Waals surface area contributed by atoms with Gasteiger partial charge in [0.2, 0.25) is 10.0 Å². The third-order valence-corrected chi connectivity index (χ3v) is 5.93. The minimum atomic E-state index is -3.16. The van der Waals surface area contributed by atoms with Crippen LogP contribution in [-0.4, -0.2) is 69.8 Å². The molecular formula is C17H29N3O2S. The van der Waals surface area contributed by atoms with Gasteiger partial charge in [0.25, 0.3) is 0 Å². The van der Waals surface area contributed by atoms with Crippen molar-refractivity contribution in [2.45, 2.75) is 25.8 Å². The van der Waals surface area contributed by atoms with Crippen molar-refractivity contribution in [3.8, 4) is 0 Å². The van der Waals surface area contributed by atoms with Gasteiger partial charge in [0.1, 0.15) is 0 Å². The van der Waals surface area contributed by atoms with Crippen LogP contribution in [0.4, 0.5) is 0 Å². The molecule has 1 aliphatic rings. The zero-order valence-corrected chi connectivity index (χ0v) is 15.1. The Morgan fingerprint density at radius 2 is 1.78 bits per heavy atom. The molecule has 1 aromatic carbocycles. The molecule has 1 saturated heterocycles. The number of hydrogen-bond donors (Lipinski definition) is 1. The Bertz CT molecular complexity index is 554. The molecule has 0 aliphatic carbocycles. The number of likely N-dealkylation sites (N-methyl/N-ethyl adjacent to an activating group) is 1. The van der Waals surface area contributed by atoms with Crippen LogP contribution in [0.25, 0.3) is 0 Å². The average molecular weight is 340 g/mol. The van der Waals surface area contributed by atoms with E-state index in [9.17, 15) is 8.42 Å². The molecule has 0 radical (unpaired) electrons. The van der Waals surface area contributed by atoms with Gasteiger partial charge in [-0.25, -0.2) is 13.1 Å². The molecule has 1 atom stereocenters. The van der Waals surface area contributed by atoms with Crippen LogP contribution in [0.2, 0.25) is 0 Å². The highest BCUT2D eigenvalue weighted by Gasteiger charge is 2.24. The van der Waals surface area contributed by atoms with E-state index >= 15 is 0 Å². The molecule has 0 saturated carbocycles. The number of hydrogen-bond acceptors (Lipinski definition) is 4. The first kappa shape index (κ1) is 18.4. The van der Waals surface area contributed by atoms with Crippen molar-refractivity contribution in [2.24, 2.45) is 0 Å². The lowest BCUT2D eigenvalue weighted by atomic mass is 10.0. The van der Waals surface area contributed by atoms with E-state index in [-0.39, 0.29) is 11.8 Å². The van der Waals surface area contributed by atoms with Gasteiger partial charge in [0.15, 0.2) is 0 Å². The van der Waals surface area contributed by atoms with Crippen molar-refractivity contribution >= 4 is 10.0 Å². The van der Waals surface area contributed by atoms with E-state index < -0.39 is 10.0 Å². The molecule has 0 bridgehead atoms. The summed E-state index contributed by atoms with van der Waals surface area (Å²) < 4.78 is 26.8. The van der Waals surface area contributed by atoms with Crippen LogP contribution in [0.5, 0.6) is 0 Å². The normalized spacial score (nSPS) is 18.9. The highest BCUT2D eigenvalue weighted by molar-refractivity contribution is 7.89. The topological polar surface area (TPSA) is 52.7 Å². The summed E-state index contributed by atoms with van der Waals surface area (Å²) in [4.78, 5) is 4.73. The highest BCUT2D eigenvalue weighted by Crippen LogP contribution is 2.12. The largest absolute Gasteiger partial charge is 0.304 e. The molecule has 5 nitrogen and oxygen atoms in total. The van der Waals surface area contributed by atoms with Crippen LogP contribution in [0.3, 0.4) is 0 Å². The molecule has 23 heavy (non-hydrogen) atoms. The van der Waals surface area contributed by atoms with Crippen LogP contribution in [0, 0.1) is 0 Å². The Labute approximate surface area is 140 Å². The van der Waals surface area contributed by atoms with Crippen molar-refractivity contribution in [1.29, 1.82) is 0 Å². The van der Waals surface area contributed by atoms with Gasteiger partial charge in [0, 0.05) is 38.8 Å². The minimum Gasteiger partial charge on any atom is -0.304 e. The van der Waals surface area contributed by atoms with Gasteiger partial charge < -0.3 is 4.90 Å². The molecule has 130 valence electrons. The predicted molar refractivity (Wildman–Crippen MR) is 95.1 cm³/mol. The number of rotatable bonds is 8. The summed E-state index contributed by atoms with van der Waals surface area (Å²) in [5.41, 5.74) is 1.26. The fraction of sp³-hybridized carbons (Fsp3) is 0.647. The quantitative estimate of drug-likeness (QED) is 0.773. The van der Waals surface area contributed by atoms with E-state index in [0.29, 0.717) is 13.0 Å². The van der Waals surface area contributed by atoms with Crippen LogP contribution in [0.1, 0.15) is 18.9 Å². The maximum Gasteiger partial charge on any atom is 0.211 e. The molecule has 1 aliphatic heterocycles. The second kappa shape index (κ2) is 8.78. The maximum absolute atomic E-state index is 12.0. The lowest BCUT2D eigenvalue weighted by molar-refractivity contribution is 0.112. The monoisotopic (exact) mass is 339 g/mol. The Hall–Kier alpha value is -0.950. The van der Waals surface area contributed by atoms with Gasteiger partial charge in [-0.3, -0.25) is 4.90 Å². The van der Waals surface area contributed by atoms with Crippen molar-refractivity contribution in [1.82, 2.24) is 14.5 Å². The minimum absolute atomic E-state index is 0.202. The van der Waals surface area contributed by atoms with Crippen molar-refractivity contribution < 1.29 is 8.42 Å². The van der Waals surface area contributed by atoms with Crippen molar-refractivity contribution in [2.75, 3.05) is 45.5 Å². The SMILES string of the molecule is CCCS(=O)(=O)NCC(Cc1ccccc1)N1CCN(C)CC1. The van der Waals surface area contributed by atoms with Gasteiger partial charge in [-0.05, 0) is 25.5 Å². The molecule has 6 heteroatoms. The second-order valence-electron chi connectivity index (χ2n) is 6.35. The first-order chi connectivity index (χ1) is 11.0. The first-order valence-corrected chi connectivity index (χ1v) is 10.1. The molecule has 0 aromatic heterocycles. The standard InChI is InChI=1S/C17H29N3O2S/c1-3-13-23(21,22)18-15-17(14-16-7-5-4-6-8-16)20-11-9-19(2)10-12-20/h4-8,17-18H,3,9-15H2,1-2H3. The van der Waals surface area contributed by atoms with Gasteiger partial charge in [-0.1, -0.05) is 37.3 Å². The molecule has 0 spiro atoms. The number of nitrogens with zero attached hydrogens (tertiary/aromatic N) is 2. The summed E-state index contributed by atoms with van der Waals surface area (Å²) in [6, 6.07) is 10.5. The summed E-state index contributed by atoms with van der Waals surface area (Å²) in [5.74, 6) is 0.202. The Morgan fingerprint density at radius 1 is 1.13 bits per heavy atom. The third kappa shape index (κ3) is 6.22. The molecule has 2 rings (SSSR count). The van der Waals surface area contributed by atoms with E-state index in [1.165, 1.54) is 5.56 Å². The zero-order valence-electron chi connectivity index (χ0n) is 14.2. The lowest BCUT2D eigenvalue weighted by Gasteiger charge is -2.38. The van der Waals surface area contributed by atoms with E-state index in [2.05, 4.69) is 33.7 Å². The molecule has 0 amide bonds. The van der Waals surface area contributed by atoms with Crippen LogP contribution >= 0.6 is 0 Å². The second-order valence-corrected chi connectivity index (χ2v) is 8.28. The van der Waals surface area contributed by atoms with E-state index in [4.69, 9.17) is 0 Å². The maximum atomic E-state index is 12.0. The summed E-state index contributed by atoms with van der Waals surface area (Å²) in [7, 11) is -1.02. The highest BCUT2D eigenvalue weighted by atomic mass is 32.2. The number of piperazine rings is 1. The fourth-order valence-electron chi connectivity index (χ4n) is 2.97. The van der Waals surface area contributed by atoms with Gasteiger partial charge in [0.05, 0.1) is 5.75 Å². The summed E-state index contributed by atoms with van der Waals surface area (Å²) in [6.45, 7) is 6.43. The summed E-state index contributed by atoms with van der Waals surface area (Å²) in [6.07, 6.45) is 1.52. The molecular weight excluding hydrogens is 310 g/mol. The lowest BCUT2D eigenvalue weighted by Crippen LogP contribution is -2.53. The predicted octanol–water partition coefficient (Wildman–Crippen LogP) is 1.17. The zero-order chi connectivity index (χ0) is 16.7. The van der Waals surface area contributed by atoms with Gasteiger partial charge >= 0.3 is 0 Å². The van der Waals surface area contributed by atoms with Crippen LogP contribution in [-0.2, 0) is 16.4 Å². The van der Waals surface area contributed by atoms with Gasteiger partial charge in [-0.2, -0.15) is 0 Å².